The number of alkyl halides is 1. The van der Waals surface area contributed by atoms with Crippen molar-refractivity contribution < 1.29 is 4.42 Å². The van der Waals surface area contributed by atoms with E-state index in [0.717, 1.165) is 22.6 Å². The van der Waals surface area contributed by atoms with Crippen LogP contribution in [0.25, 0.3) is 11.0 Å². The molecule has 0 fully saturated rings. The van der Waals surface area contributed by atoms with Crippen LogP contribution >= 0.6 is 23.2 Å². The number of para-hydroxylation sites is 1. The van der Waals surface area contributed by atoms with Crippen molar-refractivity contribution in [2.45, 2.75) is 25.3 Å². The molecule has 0 saturated carbocycles. The van der Waals surface area contributed by atoms with E-state index >= 15 is 0 Å². The predicted octanol–water partition coefficient (Wildman–Crippen LogP) is 5.19. The number of nitrogens with zero attached hydrogens (tertiary/aromatic N) is 2. The van der Waals surface area contributed by atoms with Gasteiger partial charge in [0.05, 0.1) is 28.2 Å². The molecule has 104 valence electrons. The Labute approximate surface area is 127 Å². The fraction of sp³-hybridized carbons (Fsp3) is 0.267. The fourth-order valence-corrected chi connectivity index (χ4v) is 2.81. The topological polar surface area (TPSA) is 31.0 Å². The highest BCUT2D eigenvalue weighted by molar-refractivity contribution is 6.35. The molecule has 1 aromatic carbocycles. The number of halogens is 2. The first-order valence-corrected chi connectivity index (χ1v) is 7.25. The maximum Gasteiger partial charge on any atom is 0.128 e. The van der Waals surface area contributed by atoms with Crippen LogP contribution in [-0.2, 0) is 0 Å². The third-order valence-corrected chi connectivity index (χ3v) is 3.90. The summed E-state index contributed by atoms with van der Waals surface area (Å²) in [5.74, 6) is 1.65. The Hall–Kier alpha value is -1.45. The van der Waals surface area contributed by atoms with E-state index in [4.69, 9.17) is 27.6 Å². The highest BCUT2D eigenvalue weighted by atomic mass is 35.5. The SMILES string of the molecule is CC(Cl)c1nc2c(Cl)cccc2n1C(C)c1ccco1. The maximum atomic E-state index is 6.28. The van der Waals surface area contributed by atoms with Crippen molar-refractivity contribution in [2.75, 3.05) is 0 Å². The minimum atomic E-state index is -0.212. The van der Waals surface area contributed by atoms with Gasteiger partial charge in [0.15, 0.2) is 0 Å². The lowest BCUT2D eigenvalue weighted by Gasteiger charge is -2.16. The van der Waals surface area contributed by atoms with Crippen LogP contribution in [0.5, 0.6) is 0 Å². The monoisotopic (exact) mass is 308 g/mol. The van der Waals surface area contributed by atoms with Gasteiger partial charge < -0.3 is 8.98 Å². The van der Waals surface area contributed by atoms with Gasteiger partial charge in [-0.15, -0.1) is 11.6 Å². The smallest absolute Gasteiger partial charge is 0.128 e. The van der Waals surface area contributed by atoms with Gasteiger partial charge in [0.1, 0.15) is 17.1 Å². The van der Waals surface area contributed by atoms with E-state index in [1.165, 1.54) is 0 Å². The summed E-state index contributed by atoms with van der Waals surface area (Å²) in [6.07, 6.45) is 1.67. The molecule has 0 bridgehead atoms. The number of benzene rings is 1. The van der Waals surface area contributed by atoms with Crippen molar-refractivity contribution in [1.29, 1.82) is 0 Å². The Morgan fingerprint density at radius 1 is 1.20 bits per heavy atom. The summed E-state index contributed by atoms with van der Waals surface area (Å²) < 4.78 is 7.59. The molecule has 0 amide bonds. The minimum Gasteiger partial charge on any atom is -0.467 e. The normalized spacial score (nSPS) is 14.6. The molecule has 0 aliphatic carbocycles. The second-order valence-corrected chi connectivity index (χ2v) is 5.82. The highest BCUT2D eigenvalue weighted by Crippen LogP contribution is 2.33. The molecule has 3 rings (SSSR count). The maximum absolute atomic E-state index is 6.28. The third kappa shape index (κ3) is 2.11. The Bertz CT molecular complexity index is 732. The first-order valence-electron chi connectivity index (χ1n) is 6.43. The Morgan fingerprint density at radius 3 is 2.65 bits per heavy atom. The van der Waals surface area contributed by atoms with Crippen LogP contribution in [0.2, 0.25) is 5.02 Å². The van der Waals surface area contributed by atoms with Crippen LogP contribution in [0, 0.1) is 0 Å². The van der Waals surface area contributed by atoms with E-state index < -0.39 is 0 Å². The zero-order chi connectivity index (χ0) is 14.3. The van der Waals surface area contributed by atoms with Gasteiger partial charge in [0.2, 0.25) is 0 Å². The first kappa shape index (κ1) is 13.5. The van der Waals surface area contributed by atoms with E-state index in [1.807, 2.05) is 37.3 Å². The van der Waals surface area contributed by atoms with Gasteiger partial charge in [-0.1, -0.05) is 17.7 Å². The van der Waals surface area contributed by atoms with Gasteiger partial charge in [-0.2, -0.15) is 0 Å². The van der Waals surface area contributed by atoms with E-state index in [1.54, 1.807) is 6.26 Å². The van der Waals surface area contributed by atoms with E-state index in [9.17, 15) is 0 Å². The Morgan fingerprint density at radius 2 is 2.00 bits per heavy atom. The van der Waals surface area contributed by atoms with Gasteiger partial charge >= 0.3 is 0 Å². The molecule has 5 heteroatoms. The summed E-state index contributed by atoms with van der Waals surface area (Å²) in [5.41, 5.74) is 1.74. The molecular weight excluding hydrogens is 295 g/mol. The van der Waals surface area contributed by atoms with Gasteiger partial charge in [0, 0.05) is 0 Å². The van der Waals surface area contributed by atoms with Gasteiger partial charge in [-0.05, 0) is 38.1 Å². The van der Waals surface area contributed by atoms with Gasteiger partial charge in [0.25, 0.3) is 0 Å². The summed E-state index contributed by atoms with van der Waals surface area (Å²) in [6, 6.07) is 9.58. The number of aromatic nitrogens is 2. The van der Waals surface area contributed by atoms with Crippen LogP contribution in [0.1, 0.15) is 36.9 Å². The molecule has 2 aromatic heterocycles. The largest absolute Gasteiger partial charge is 0.467 e. The van der Waals surface area contributed by atoms with E-state index in [0.29, 0.717) is 5.02 Å². The molecule has 3 nitrogen and oxygen atoms in total. The van der Waals surface area contributed by atoms with Crippen molar-refractivity contribution in [3.63, 3.8) is 0 Å². The minimum absolute atomic E-state index is 0.00432. The molecule has 0 aliphatic rings. The van der Waals surface area contributed by atoms with Crippen LogP contribution in [0.4, 0.5) is 0 Å². The first-order chi connectivity index (χ1) is 9.59. The molecule has 0 radical (unpaired) electrons. The number of hydrogen-bond acceptors (Lipinski definition) is 2. The lowest BCUT2D eigenvalue weighted by Crippen LogP contribution is -2.10. The lowest BCUT2D eigenvalue weighted by molar-refractivity contribution is 0.444. The Kier molecular flexibility index (Phi) is 3.48. The van der Waals surface area contributed by atoms with Crippen molar-refractivity contribution in [2.24, 2.45) is 0 Å². The van der Waals surface area contributed by atoms with Crippen LogP contribution in [0.15, 0.2) is 41.0 Å². The molecule has 0 aliphatic heterocycles. The Balaban J connectivity index is 2.27. The summed E-state index contributed by atoms with van der Waals surface area (Å²) in [7, 11) is 0. The second-order valence-electron chi connectivity index (χ2n) is 4.75. The van der Waals surface area contributed by atoms with Crippen LogP contribution in [0.3, 0.4) is 0 Å². The van der Waals surface area contributed by atoms with Crippen LogP contribution in [-0.4, -0.2) is 9.55 Å². The van der Waals surface area contributed by atoms with Crippen molar-refractivity contribution in [1.82, 2.24) is 9.55 Å². The summed E-state index contributed by atoms with van der Waals surface area (Å²) in [6.45, 7) is 3.96. The quantitative estimate of drug-likeness (QED) is 0.623. The number of rotatable bonds is 3. The third-order valence-electron chi connectivity index (χ3n) is 3.40. The molecule has 0 N–H and O–H groups in total. The average Bonchev–Trinajstić information content (AvgIpc) is 3.06. The summed E-state index contributed by atoms with van der Waals surface area (Å²) >= 11 is 12.5. The fourth-order valence-electron chi connectivity index (χ4n) is 2.44. The number of imidazole rings is 1. The highest BCUT2D eigenvalue weighted by Gasteiger charge is 2.22. The molecule has 0 saturated heterocycles. The molecule has 2 unspecified atom stereocenters. The van der Waals surface area contributed by atoms with E-state index in [-0.39, 0.29) is 11.4 Å². The summed E-state index contributed by atoms with van der Waals surface area (Å²) in [4.78, 5) is 4.60. The standard InChI is InChI=1S/C15H14Cl2N2O/c1-9(16)15-18-14-11(17)5-3-6-12(14)19(15)10(2)13-7-4-8-20-13/h3-10H,1-2H3. The second kappa shape index (κ2) is 5.15. The average molecular weight is 309 g/mol. The predicted molar refractivity (Wildman–Crippen MR) is 81.5 cm³/mol. The lowest BCUT2D eigenvalue weighted by atomic mass is 10.2. The number of hydrogen-bond donors (Lipinski definition) is 0. The number of fused-ring (bicyclic) bond motifs is 1. The zero-order valence-corrected chi connectivity index (χ0v) is 12.7. The molecule has 3 aromatic rings. The molecule has 0 spiro atoms. The zero-order valence-electron chi connectivity index (χ0n) is 11.2. The van der Waals surface area contributed by atoms with Crippen molar-refractivity contribution in [3.05, 3.63) is 53.2 Å². The molecule has 2 atom stereocenters. The molecule has 2 heterocycles. The van der Waals surface area contributed by atoms with E-state index in [2.05, 4.69) is 16.5 Å². The molecule has 20 heavy (non-hydrogen) atoms. The van der Waals surface area contributed by atoms with Crippen molar-refractivity contribution >= 4 is 34.2 Å². The number of furan rings is 1. The summed E-state index contributed by atoms with van der Waals surface area (Å²) in [5, 5.41) is 0.419. The van der Waals surface area contributed by atoms with Crippen molar-refractivity contribution in [3.8, 4) is 0 Å². The molecular formula is C15H14Cl2N2O. The van der Waals surface area contributed by atoms with Gasteiger partial charge in [-0.3, -0.25) is 0 Å². The van der Waals surface area contributed by atoms with Crippen LogP contribution < -0.4 is 0 Å². The van der Waals surface area contributed by atoms with Gasteiger partial charge in [-0.25, -0.2) is 4.98 Å².